The van der Waals surface area contributed by atoms with Crippen LogP contribution in [0.4, 0.5) is 5.69 Å². The lowest BCUT2D eigenvalue weighted by Gasteiger charge is -2.32. The maximum Gasteiger partial charge on any atom is 0.308 e. The zero-order valence-corrected chi connectivity index (χ0v) is 12.8. The molecule has 2 rings (SSSR count). The highest BCUT2D eigenvalue weighted by atomic mass is 16.5. The monoisotopic (exact) mass is 295 g/mol. The van der Waals surface area contributed by atoms with Gasteiger partial charge < -0.3 is 24.7 Å². The Morgan fingerprint density at radius 3 is 2.67 bits per heavy atom. The maximum atomic E-state index is 11.5. The van der Waals surface area contributed by atoms with E-state index < -0.39 is 0 Å². The third-order valence-corrected chi connectivity index (χ3v) is 3.70. The van der Waals surface area contributed by atoms with Gasteiger partial charge in [-0.25, -0.2) is 0 Å². The van der Waals surface area contributed by atoms with Crippen LogP contribution in [0.15, 0.2) is 6.07 Å². The quantitative estimate of drug-likeness (QED) is 0.674. The first-order valence-electron chi connectivity index (χ1n) is 6.77. The number of fused-ring (bicyclic) bond motifs is 1. The van der Waals surface area contributed by atoms with Crippen molar-refractivity contribution in [1.82, 2.24) is 0 Å². The number of ether oxygens (including phenoxy) is 4. The van der Waals surface area contributed by atoms with E-state index in [1.807, 2.05) is 6.92 Å². The van der Waals surface area contributed by atoms with Gasteiger partial charge in [0.25, 0.3) is 0 Å². The van der Waals surface area contributed by atoms with Crippen LogP contribution in [0.1, 0.15) is 30.6 Å². The summed E-state index contributed by atoms with van der Waals surface area (Å²) in [7, 11) is 4.54. The van der Waals surface area contributed by atoms with Crippen LogP contribution < -0.4 is 15.2 Å². The summed E-state index contributed by atoms with van der Waals surface area (Å²) in [5, 5.41) is 0. The predicted molar refractivity (Wildman–Crippen MR) is 77.6 cm³/mol. The number of benzene rings is 1. The second-order valence-electron chi connectivity index (χ2n) is 4.98. The number of hydrogen-bond acceptors (Lipinski definition) is 6. The molecule has 0 radical (unpaired) electrons. The van der Waals surface area contributed by atoms with E-state index in [-0.39, 0.29) is 24.6 Å². The number of carbonyl (C=O) groups excluding carboxylic acids is 1. The minimum atomic E-state index is -0.294. The van der Waals surface area contributed by atoms with E-state index in [0.717, 1.165) is 11.1 Å². The Morgan fingerprint density at radius 2 is 2.10 bits per heavy atom. The van der Waals surface area contributed by atoms with Crippen LogP contribution in [0.3, 0.4) is 0 Å². The predicted octanol–water partition coefficient (Wildman–Crippen LogP) is 1.85. The number of methoxy groups -OCH3 is 3. The SMILES string of the molecule is COC(=O)C[C@H]1Cc2c(OC)cc(N)c(OC)c2[C@@H](C)O1. The molecule has 0 fully saturated rings. The van der Waals surface area contributed by atoms with Gasteiger partial charge in [-0.05, 0) is 6.92 Å². The highest BCUT2D eigenvalue weighted by Crippen LogP contribution is 2.45. The fraction of sp³-hybridized carbons (Fsp3) is 0.533. The summed E-state index contributed by atoms with van der Waals surface area (Å²) in [5.41, 5.74) is 8.36. The molecular weight excluding hydrogens is 274 g/mol. The molecule has 0 amide bonds. The van der Waals surface area contributed by atoms with Crippen LogP contribution in [0.5, 0.6) is 11.5 Å². The molecule has 0 saturated heterocycles. The molecule has 116 valence electrons. The minimum absolute atomic E-state index is 0.204. The lowest BCUT2D eigenvalue weighted by atomic mass is 9.91. The molecule has 0 spiro atoms. The molecule has 0 bridgehead atoms. The summed E-state index contributed by atoms with van der Waals surface area (Å²) < 4.78 is 21.4. The third kappa shape index (κ3) is 2.90. The molecule has 1 heterocycles. The van der Waals surface area contributed by atoms with Crippen molar-refractivity contribution in [3.8, 4) is 11.5 Å². The molecule has 1 aromatic carbocycles. The zero-order valence-electron chi connectivity index (χ0n) is 12.8. The average molecular weight is 295 g/mol. The maximum absolute atomic E-state index is 11.5. The highest BCUT2D eigenvalue weighted by molar-refractivity contribution is 5.70. The van der Waals surface area contributed by atoms with Crippen molar-refractivity contribution in [2.24, 2.45) is 0 Å². The van der Waals surface area contributed by atoms with Gasteiger partial charge in [-0.1, -0.05) is 0 Å². The van der Waals surface area contributed by atoms with Gasteiger partial charge in [0.2, 0.25) is 0 Å². The summed E-state index contributed by atoms with van der Waals surface area (Å²) in [6, 6.07) is 1.74. The van der Waals surface area contributed by atoms with Gasteiger partial charge >= 0.3 is 5.97 Å². The Balaban J connectivity index is 2.42. The largest absolute Gasteiger partial charge is 0.496 e. The van der Waals surface area contributed by atoms with E-state index in [0.29, 0.717) is 23.6 Å². The minimum Gasteiger partial charge on any atom is -0.496 e. The molecule has 0 unspecified atom stereocenters. The lowest BCUT2D eigenvalue weighted by molar-refractivity contribution is -0.145. The van der Waals surface area contributed by atoms with Crippen molar-refractivity contribution in [3.05, 3.63) is 17.2 Å². The van der Waals surface area contributed by atoms with Gasteiger partial charge in [0, 0.05) is 23.6 Å². The molecule has 1 aliphatic heterocycles. The standard InChI is InChI=1S/C15H21NO5/c1-8-14-10(5-9(21-8)6-13(17)19-3)12(18-2)7-11(16)15(14)20-4/h7-9H,5-6,16H2,1-4H3/t8-,9-/m1/s1. The Labute approximate surface area is 124 Å². The number of nitrogens with two attached hydrogens (primary N) is 1. The molecule has 0 aromatic heterocycles. The molecule has 21 heavy (non-hydrogen) atoms. The second-order valence-corrected chi connectivity index (χ2v) is 4.98. The smallest absolute Gasteiger partial charge is 0.308 e. The number of carbonyl (C=O) groups is 1. The summed E-state index contributed by atoms with van der Waals surface area (Å²) in [6.07, 6.45) is 0.267. The molecule has 6 nitrogen and oxygen atoms in total. The second kappa shape index (κ2) is 6.22. The first kappa shape index (κ1) is 15.4. The van der Waals surface area contributed by atoms with Crippen molar-refractivity contribution >= 4 is 11.7 Å². The van der Waals surface area contributed by atoms with Gasteiger partial charge in [0.15, 0.2) is 0 Å². The highest BCUT2D eigenvalue weighted by Gasteiger charge is 2.32. The van der Waals surface area contributed by atoms with E-state index in [1.54, 1.807) is 20.3 Å². The third-order valence-electron chi connectivity index (χ3n) is 3.70. The molecule has 2 N–H and O–H groups in total. The van der Waals surface area contributed by atoms with E-state index in [2.05, 4.69) is 0 Å². The molecule has 1 aromatic rings. The first-order chi connectivity index (χ1) is 10.0. The van der Waals surface area contributed by atoms with E-state index in [9.17, 15) is 4.79 Å². The van der Waals surface area contributed by atoms with Crippen molar-refractivity contribution in [3.63, 3.8) is 0 Å². The van der Waals surface area contributed by atoms with Crippen molar-refractivity contribution in [2.45, 2.75) is 32.0 Å². The van der Waals surface area contributed by atoms with Crippen LogP contribution in [0, 0.1) is 0 Å². The van der Waals surface area contributed by atoms with Crippen LogP contribution >= 0.6 is 0 Å². The molecular formula is C15H21NO5. The normalized spacial score (nSPS) is 20.6. The fourth-order valence-corrected chi connectivity index (χ4v) is 2.79. The van der Waals surface area contributed by atoms with Gasteiger partial charge in [-0.15, -0.1) is 0 Å². The molecule has 0 saturated carbocycles. The van der Waals surface area contributed by atoms with Crippen LogP contribution in [0.2, 0.25) is 0 Å². The zero-order chi connectivity index (χ0) is 15.6. The summed E-state index contributed by atoms with van der Waals surface area (Å²) in [5.74, 6) is 1.00. The molecule has 2 atom stereocenters. The van der Waals surface area contributed by atoms with Crippen molar-refractivity contribution < 1.29 is 23.7 Å². The number of anilines is 1. The average Bonchev–Trinajstić information content (AvgIpc) is 2.46. The lowest BCUT2D eigenvalue weighted by Crippen LogP contribution is -2.28. The van der Waals surface area contributed by atoms with Crippen LogP contribution in [0.25, 0.3) is 0 Å². The van der Waals surface area contributed by atoms with Crippen LogP contribution in [-0.4, -0.2) is 33.4 Å². The van der Waals surface area contributed by atoms with Crippen molar-refractivity contribution in [1.29, 1.82) is 0 Å². The number of nitrogen functional groups attached to an aromatic ring is 1. The number of esters is 1. The van der Waals surface area contributed by atoms with E-state index in [4.69, 9.17) is 24.7 Å². The molecule has 6 heteroatoms. The molecule has 1 aliphatic rings. The van der Waals surface area contributed by atoms with Crippen LogP contribution in [-0.2, 0) is 20.7 Å². The molecule has 0 aliphatic carbocycles. The van der Waals surface area contributed by atoms with Gasteiger partial charge in [0.05, 0.1) is 45.6 Å². The van der Waals surface area contributed by atoms with Gasteiger partial charge in [0.1, 0.15) is 11.5 Å². The van der Waals surface area contributed by atoms with Gasteiger partial charge in [-0.2, -0.15) is 0 Å². The Kier molecular flexibility index (Phi) is 4.57. The fourth-order valence-electron chi connectivity index (χ4n) is 2.79. The van der Waals surface area contributed by atoms with Crippen molar-refractivity contribution in [2.75, 3.05) is 27.1 Å². The number of hydrogen-bond donors (Lipinski definition) is 1. The van der Waals surface area contributed by atoms with Gasteiger partial charge in [-0.3, -0.25) is 4.79 Å². The summed E-state index contributed by atoms with van der Waals surface area (Å²) >= 11 is 0. The summed E-state index contributed by atoms with van der Waals surface area (Å²) in [4.78, 5) is 11.5. The van der Waals surface area contributed by atoms with E-state index in [1.165, 1.54) is 7.11 Å². The van der Waals surface area contributed by atoms with E-state index >= 15 is 0 Å². The Morgan fingerprint density at radius 1 is 1.38 bits per heavy atom. The Bertz CT molecular complexity index is 543. The first-order valence-corrected chi connectivity index (χ1v) is 6.77. The Hall–Kier alpha value is -1.95. The summed E-state index contributed by atoms with van der Waals surface area (Å²) in [6.45, 7) is 1.91. The number of rotatable bonds is 4. The topological polar surface area (TPSA) is 80.0 Å².